The van der Waals surface area contributed by atoms with Gasteiger partial charge in [-0.25, -0.2) is 0 Å². The van der Waals surface area contributed by atoms with E-state index in [1.54, 1.807) is 0 Å². The number of nitrogens with zero attached hydrogens (tertiary/aromatic N) is 1. The largest absolute Gasteiger partial charge is 0.369 e. The van der Waals surface area contributed by atoms with Crippen LogP contribution in [0.2, 0.25) is 0 Å². The average molecular weight is 599 g/mol. The van der Waals surface area contributed by atoms with E-state index in [1.165, 1.54) is 43.2 Å². The second kappa shape index (κ2) is 10.3. The summed E-state index contributed by atoms with van der Waals surface area (Å²) in [4.78, 5) is 27.8. The molecular weight excluding hydrogens is 544 g/mol. The highest BCUT2D eigenvalue weighted by molar-refractivity contribution is 5.91. The van der Waals surface area contributed by atoms with Gasteiger partial charge in [-0.05, 0) is 104 Å². The normalized spacial score (nSPS) is 47.2. The van der Waals surface area contributed by atoms with Crippen LogP contribution in [0.4, 0.5) is 0 Å². The van der Waals surface area contributed by atoms with Crippen molar-refractivity contribution in [1.82, 2.24) is 10.2 Å². The average Bonchev–Trinajstić information content (AvgIpc) is 3.44. The molecule has 3 unspecified atom stereocenters. The standard InChI is InChI=1S/C39H54N2O3/c1-25-20-32-35(41(23-25)19-18-40-34(43)13-10-27-8-6-5-7-9-27)26(2)39(44-32)17-16-38-24-37(39,4)33(38)22-31-30(38)12-11-28-21-29(42)14-15-36(28,31)3/h5-9,21,25-26,30-33,35H,10-20,22-24H2,1-4H3,(H,40,43)/t25-,26+,30+,31-,32+,33?,35-,36-,37?,38?,39+/m0/s1. The van der Waals surface area contributed by atoms with Crippen molar-refractivity contribution in [2.24, 2.45) is 45.8 Å². The van der Waals surface area contributed by atoms with Gasteiger partial charge in [-0.2, -0.15) is 0 Å². The van der Waals surface area contributed by atoms with E-state index in [0.29, 0.717) is 48.1 Å². The first-order valence-electron chi connectivity index (χ1n) is 18.1. The Morgan fingerprint density at radius 2 is 1.86 bits per heavy atom. The minimum atomic E-state index is -0.0361. The second-order valence-corrected chi connectivity index (χ2v) is 16.9. The third kappa shape index (κ3) is 4.03. The lowest BCUT2D eigenvalue weighted by Gasteiger charge is -2.73. The molecule has 5 heteroatoms. The highest BCUT2D eigenvalue weighted by Gasteiger charge is 2.81. The van der Waals surface area contributed by atoms with Gasteiger partial charge in [-0.3, -0.25) is 14.5 Å². The van der Waals surface area contributed by atoms with Crippen LogP contribution in [0.15, 0.2) is 42.0 Å². The van der Waals surface area contributed by atoms with Gasteiger partial charge in [0.1, 0.15) is 0 Å². The molecule has 9 rings (SSSR count). The van der Waals surface area contributed by atoms with Crippen molar-refractivity contribution in [3.63, 3.8) is 0 Å². The number of ketones is 1. The molecule has 11 atom stereocenters. The molecule has 8 aliphatic rings. The van der Waals surface area contributed by atoms with Gasteiger partial charge >= 0.3 is 0 Å². The molecule has 2 aliphatic heterocycles. The predicted octanol–water partition coefficient (Wildman–Crippen LogP) is 6.75. The molecule has 2 bridgehead atoms. The molecule has 7 fully saturated rings. The number of hydrogen-bond donors (Lipinski definition) is 1. The predicted molar refractivity (Wildman–Crippen MR) is 173 cm³/mol. The van der Waals surface area contributed by atoms with E-state index in [-0.39, 0.29) is 22.3 Å². The van der Waals surface area contributed by atoms with Crippen LogP contribution in [-0.4, -0.2) is 54.0 Å². The lowest BCUT2D eigenvalue weighted by molar-refractivity contribution is -0.294. The Labute approximate surface area is 264 Å². The minimum absolute atomic E-state index is 0.0361. The number of hydrogen-bond acceptors (Lipinski definition) is 4. The molecule has 5 saturated carbocycles. The highest BCUT2D eigenvalue weighted by Crippen LogP contribution is 2.84. The summed E-state index contributed by atoms with van der Waals surface area (Å²) in [5, 5.41) is 3.24. The van der Waals surface area contributed by atoms with Crippen molar-refractivity contribution in [2.75, 3.05) is 19.6 Å². The van der Waals surface area contributed by atoms with Gasteiger partial charge in [0.15, 0.2) is 5.78 Å². The van der Waals surface area contributed by atoms with Crippen molar-refractivity contribution < 1.29 is 14.3 Å². The van der Waals surface area contributed by atoms with E-state index in [0.717, 1.165) is 62.9 Å². The number of benzene rings is 1. The molecule has 1 aromatic carbocycles. The number of aryl methyl sites for hydroxylation is 1. The number of carbonyl (C=O) groups excluding carboxylic acids is 2. The second-order valence-electron chi connectivity index (χ2n) is 16.9. The minimum Gasteiger partial charge on any atom is -0.369 e. The Balaban J connectivity index is 0.972. The molecule has 2 saturated heterocycles. The molecule has 5 nitrogen and oxygen atoms in total. The summed E-state index contributed by atoms with van der Waals surface area (Å²) in [5.41, 5.74) is 3.65. The van der Waals surface area contributed by atoms with E-state index in [1.807, 2.05) is 18.2 Å². The Bertz CT molecular complexity index is 1360. The Kier molecular flexibility index (Phi) is 6.86. The maximum absolute atomic E-state index is 12.7. The number of carbonyl (C=O) groups is 2. The Morgan fingerprint density at radius 3 is 2.68 bits per heavy atom. The smallest absolute Gasteiger partial charge is 0.220 e. The summed E-state index contributed by atoms with van der Waals surface area (Å²) in [5.74, 6) is 3.94. The number of ether oxygens (including phenoxy) is 1. The summed E-state index contributed by atoms with van der Waals surface area (Å²) >= 11 is 0. The van der Waals surface area contributed by atoms with Crippen LogP contribution in [0.25, 0.3) is 0 Å². The number of rotatable bonds is 6. The summed E-state index contributed by atoms with van der Waals surface area (Å²) in [6, 6.07) is 10.8. The van der Waals surface area contributed by atoms with Crippen LogP contribution in [0, 0.1) is 45.8 Å². The first kappa shape index (κ1) is 29.4. The zero-order chi connectivity index (χ0) is 30.5. The summed E-state index contributed by atoms with van der Waals surface area (Å²) in [6.07, 6.45) is 14.3. The molecule has 2 spiro atoms. The summed E-state index contributed by atoms with van der Waals surface area (Å²) in [6.45, 7) is 12.8. The van der Waals surface area contributed by atoms with Crippen molar-refractivity contribution >= 4 is 11.7 Å². The van der Waals surface area contributed by atoms with Crippen molar-refractivity contribution in [1.29, 1.82) is 0 Å². The van der Waals surface area contributed by atoms with E-state index in [9.17, 15) is 9.59 Å². The topological polar surface area (TPSA) is 58.6 Å². The molecule has 238 valence electrons. The maximum Gasteiger partial charge on any atom is 0.220 e. The zero-order valence-corrected chi connectivity index (χ0v) is 27.6. The number of amides is 1. The molecular formula is C39H54N2O3. The van der Waals surface area contributed by atoms with Gasteiger partial charge in [-0.1, -0.05) is 63.6 Å². The molecule has 1 amide bonds. The van der Waals surface area contributed by atoms with Gasteiger partial charge in [0.2, 0.25) is 5.91 Å². The number of nitrogens with one attached hydrogen (secondary N) is 1. The fourth-order valence-corrected chi connectivity index (χ4v) is 13.3. The van der Waals surface area contributed by atoms with E-state index >= 15 is 0 Å². The van der Waals surface area contributed by atoms with Gasteiger partial charge in [0, 0.05) is 49.9 Å². The lowest BCUT2D eigenvalue weighted by atomic mass is 9.33. The van der Waals surface area contributed by atoms with Crippen LogP contribution in [-0.2, 0) is 20.7 Å². The zero-order valence-electron chi connectivity index (χ0n) is 27.6. The van der Waals surface area contributed by atoms with Crippen molar-refractivity contribution in [3.05, 3.63) is 47.5 Å². The fraction of sp³-hybridized carbons (Fsp3) is 0.744. The Morgan fingerprint density at radius 1 is 1.05 bits per heavy atom. The molecule has 0 aromatic heterocycles. The van der Waals surface area contributed by atoms with Crippen LogP contribution in [0.3, 0.4) is 0 Å². The maximum atomic E-state index is 12.7. The lowest BCUT2D eigenvalue weighted by Crippen LogP contribution is -2.71. The van der Waals surface area contributed by atoms with Gasteiger partial charge in [-0.15, -0.1) is 0 Å². The highest BCUT2D eigenvalue weighted by atomic mass is 16.5. The van der Waals surface area contributed by atoms with Crippen molar-refractivity contribution in [3.8, 4) is 0 Å². The summed E-state index contributed by atoms with van der Waals surface area (Å²) in [7, 11) is 0. The first-order valence-corrected chi connectivity index (χ1v) is 18.1. The molecule has 1 aromatic rings. The van der Waals surface area contributed by atoms with Gasteiger partial charge < -0.3 is 10.1 Å². The molecule has 2 heterocycles. The molecule has 44 heavy (non-hydrogen) atoms. The van der Waals surface area contributed by atoms with E-state index in [4.69, 9.17) is 4.74 Å². The van der Waals surface area contributed by atoms with Crippen LogP contribution >= 0.6 is 0 Å². The molecule has 0 radical (unpaired) electrons. The number of likely N-dealkylation sites (tertiary alicyclic amines) is 1. The van der Waals surface area contributed by atoms with Gasteiger partial charge in [0.25, 0.3) is 0 Å². The molecule has 1 N–H and O–H groups in total. The monoisotopic (exact) mass is 598 g/mol. The fourth-order valence-electron chi connectivity index (χ4n) is 13.3. The third-order valence-corrected chi connectivity index (χ3v) is 15.1. The van der Waals surface area contributed by atoms with Crippen LogP contribution in [0.5, 0.6) is 0 Å². The van der Waals surface area contributed by atoms with E-state index in [2.05, 4.69) is 56.1 Å². The van der Waals surface area contributed by atoms with Gasteiger partial charge in [0.05, 0.1) is 11.7 Å². The number of allylic oxidation sites excluding steroid dienone is 2. The SMILES string of the molecule is C[C@H]1C[C@H]2O[C@]3(CCC45CC3(C)C4C[C@H]3[C@H]5CCC4=CC(=O)CC[C@@]43C)[C@H](C)[C@@H]2N(CCNC(=O)CCc2ccccc2)C1. The van der Waals surface area contributed by atoms with Crippen molar-refractivity contribution in [2.45, 2.75) is 116 Å². The van der Waals surface area contributed by atoms with Crippen LogP contribution < -0.4 is 5.32 Å². The molecule has 6 aliphatic carbocycles. The third-order valence-electron chi connectivity index (χ3n) is 15.1. The number of piperidine rings is 1. The van der Waals surface area contributed by atoms with E-state index < -0.39 is 0 Å². The quantitative estimate of drug-likeness (QED) is 0.394. The summed E-state index contributed by atoms with van der Waals surface area (Å²) < 4.78 is 7.49. The first-order chi connectivity index (χ1) is 21.1. The Hall–Kier alpha value is -1.98. The van der Waals surface area contributed by atoms with Crippen LogP contribution in [0.1, 0.15) is 97.5 Å². The number of fused-ring (bicyclic) bond motifs is 5.